The molecule has 0 unspecified atom stereocenters. The molecule has 0 saturated carbocycles. The summed E-state index contributed by atoms with van der Waals surface area (Å²) in [5, 5.41) is 8.59. The number of ketones is 1. The summed E-state index contributed by atoms with van der Waals surface area (Å²) in [6, 6.07) is 4.74. The van der Waals surface area contributed by atoms with Crippen molar-refractivity contribution in [2.75, 3.05) is 0 Å². The van der Waals surface area contributed by atoms with Crippen molar-refractivity contribution in [2.45, 2.75) is 20.3 Å². The molecule has 2 nitrogen and oxygen atoms in total. The van der Waals surface area contributed by atoms with Gasteiger partial charge in [-0.15, -0.1) is 0 Å². The van der Waals surface area contributed by atoms with Crippen molar-refractivity contribution in [3.8, 4) is 6.07 Å². The van der Waals surface area contributed by atoms with E-state index in [9.17, 15) is 9.18 Å². The van der Waals surface area contributed by atoms with Crippen LogP contribution in [0.1, 0.15) is 35.3 Å². The van der Waals surface area contributed by atoms with Crippen LogP contribution in [0.25, 0.3) is 0 Å². The molecule has 0 atom stereocenters. The number of nitriles is 1. The van der Waals surface area contributed by atoms with E-state index in [2.05, 4.69) is 0 Å². The van der Waals surface area contributed by atoms with Gasteiger partial charge in [0.15, 0.2) is 11.6 Å². The van der Waals surface area contributed by atoms with Crippen LogP contribution in [-0.4, -0.2) is 5.78 Å². The molecule has 0 saturated heterocycles. The van der Waals surface area contributed by atoms with Crippen LogP contribution in [-0.2, 0) is 6.42 Å². The lowest BCUT2D eigenvalue weighted by Gasteiger charge is -2.06. The van der Waals surface area contributed by atoms with Crippen LogP contribution in [0.3, 0.4) is 0 Å². The van der Waals surface area contributed by atoms with Gasteiger partial charge in [-0.2, -0.15) is 5.26 Å². The van der Waals surface area contributed by atoms with E-state index in [1.165, 1.54) is 13.0 Å². The molecule has 0 aliphatic heterocycles. The number of hydrogen-bond acceptors (Lipinski definition) is 2. The third-order valence-corrected chi connectivity index (χ3v) is 2.08. The average Bonchev–Trinajstić information content (AvgIpc) is 2.16. The summed E-state index contributed by atoms with van der Waals surface area (Å²) in [5.41, 5.74) is 0.618. The van der Waals surface area contributed by atoms with Crippen LogP contribution < -0.4 is 0 Å². The molecule has 72 valence electrons. The largest absolute Gasteiger partial charge is 0.294 e. The van der Waals surface area contributed by atoms with E-state index in [4.69, 9.17) is 5.26 Å². The fourth-order valence-electron chi connectivity index (χ4n) is 1.38. The molecule has 0 N–H and O–H groups in total. The Kier molecular flexibility index (Phi) is 2.98. The van der Waals surface area contributed by atoms with E-state index in [-0.39, 0.29) is 16.9 Å². The number of carbonyl (C=O) groups is 1. The summed E-state index contributed by atoms with van der Waals surface area (Å²) in [6.07, 6.45) is 0.581. The fourth-order valence-corrected chi connectivity index (χ4v) is 1.38. The van der Waals surface area contributed by atoms with Gasteiger partial charge in [-0.25, -0.2) is 4.39 Å². The number of halogens is 1. The Hall–Kier alpha value is -1.69. The van der Waals surface area contributed by atoms with E-state index in [1.807, 2.05) is 6.92 Å². The summed E-state index contributed by atoms with van der Waals surface area (Å²) in [6.45, 7) is 3.14. The first kappa shape index (κ1) is 10.4. The van der Waals surface area contributed by atoms with Crippen LogP contribution in [0.5, 0.6) is 0 Å². The number of rotatable bonds is 2. The highest BCUT2D eigenvalue weighted by molar-refractivity contribution is 5.96. The Morgan fingerprint density at radius 1 is 1.57 bits per heavy atom. The highest BCUT2D eigenvalue weighted by Crippen LogP contribution is 2.18. The van der Waals surface area contributed by atoms with Crippen LogP contribution >= 0.6 is 0 Å². The number of Topliss-reactive ketones (excluding diaryl/α,β-unsaturated/α-hetero) is 1. The Bertz CT molecular complexity index is 418. The van der Waals surface area contributed by atoms with Gasteiger partial charge in [0, 0.05) is 0 Å². The maximum Gasteiger partial charge on any atom is 0.163 e. The SMILES string of the molecule is CCc1ccc(C#N)c(F)c1C(C)=O. The van der Waals surface area contributed by atoms with Gasteiger partial charge in [-0.05, 0) is 25.0 Å². The van der Waals surface area contributed by atoms with Gasteiger partial charge in [0.05, 0.1) is 11.1 Å². The van der Waals surface area contributed by atoms with Gasteiger partial charge in [0.1, 0.15) is 6.07 Å². The van der Waals surface area contributed by atoms with Crippen LogP contribution in [0, 0.1) is 17.1 Å². The summed E-state index contributed by atoms with van der Waals surface area (Å²) >= 11 is 0. The Labute approximate surface area is 82.0 Å². The molecule has 0 fully saturated rings. The highest BCUT2D eigenvalue weighted by Gasteiger charge is 2.15. The van der Waals surface area contributed by atoms with E-state index in [1.54, 1.807) is 12.1 Å². The van der Waals surface area contributed by atoms with E-state index in [0.29, 0.717) is 12.0 Å². The van der Waals surface area contributed by atoms with Gasteiger partial charge >= 0.3 is 0 Å². The van der Waals surface area contributed by atoms with Crippen molar-refractivity contribution < 1.29 is 9.18 Å². The van der Waals surface area contributed by atoms with Crippen molar-refractivity contribution in [3.05, 3.63) is 34.6 Å². The molecule has 0 amide bonds. The zero-order valence-corrected chi connectivity index (χ0v) is 8.10. The quantitative estimate of drug-likeness (QED) is 0.674. The van der Waals surface area contributed by atoms with Crippen molar-refractivity contribution >= 4 is 5.78 Å². The molecule has 1 aromatic rings. The predicted octanol–water partition coefficient (Wildman–Crippen LogP) is 2.46. The maximum atomic E-state index is 13.5. The molecule has 14 heavy (non-hydrogen) atoms. The van der Waals surface area contributed by atoms with Gasteiger partial charge in [-0.1, -0.05) is 13.0 Å². The Balaban J connectivity index is 3.49. The van der Waals surface area contributed by atoms with Crippen molar-refractivity contribution in [1.82, 2.24) is 0 Å². The molecule has 3 heteroatoms. The molecule has 0 aliphatic carbocycles. The second kappa shape index (κ2) is 4.01. The number of nitrogens with zero attached hydrogens (tertiary/aromatic N) is 1. The third-order valence-electron chi connectivity index (χ3n) is 2.08. The van der Waals surface area contributed by atoms with Gasteiger partial charge in [0.25, 0.3) is 0 Å². The molecular formula is C11H10FNO. The summed E-state index contributed by atoms with van der Waals surface area (Å²) in [5.74, 6) is -1.03. The topological polar surface area (TPSA) is 40.9 Å². The smallest absolute Gasteiger partial charge is 0.163 e. The lowest BCUT2D eigenvalue weighted by atomic mass is 9.99. The van der Waals surface area contributed by atoms with Crippen molar-refractivity contribution in [2.24, 2.45) is 0 Å². The molecular weight excluding hydrogens is 181 g/mol. The first-order valence-corrected chi connectivity index (χ1v) is 4.34. The van der Waals surface area contributed by atoms with Gasteiger partial charge < -0.3 is 0 Å². The molecule has 0 aromatic heterocycles. The number of benzene rings is 1. The van der Waals surface area contributed by atoms with Crippen molar-refractivity contribution in [1.29, 1.82) is 5.26 Å². The number of aryl methyl sites for hydroxylation is 1. The molecule has 0 heterocycles. The zero-order valence-electron chi connectivity index (χ0n) is 8.10. The Morgan fingerprint density at radius 2 is 2.21 bits per heavy atom. The second-order valence-corrected chi connectivity index (χ2v) is 2.98. The first-order chi connectivity index (χ1) is 6.61. The standard InChI is InChI=1S/C11H10FNO/c1-3-8-4-5-9(6-13)11(12)10(8)7(2)14/h4-5H,3H2,1-2H3. The van der Waals surface area contributed by atoms with Gasteiger partial charge in [0.2, 0.25) is 0 Å². The van der Waals surface area contributed by atoms with Crippen LogP contribution in [0.4, 0.5) is 4.39 Å². The van der Waals surface area contributed by atoms with Crippen LogP contribution in [0.2, 0.25) is 0 Å². The number of hydrogen-bond donors (Lipinski definition) is 0. The monoisotopic (exact) mass is 191 g/mol. The Morgan fingerprint density at radius 3 is 2.64 bits per heavy atom. The molecule has 1 rings (SSSR count). The summed E-state index contributed by atoms with van der Waals surface area (Å²) in [4.78, 5) is 11.2. The van der Waals surface area contributed by atoms with Crippen molar-refractivity contribution in [3.63, 3.8) is 0 Å². The van der Waals surface area contributed by atoms with E-state index in [0.717, 1.165) is 0 Å². The molecule has 0 bridgehead atoms. The molecule has 0 radical (unpaired) electrons. The van der Waals surface area contributed by atoms with Crippen LogP contribution in [0.15, 0.2) is 12.1 Å². The fraction of sp³-hybridized carbons (Fsp3) is 0.273. The van der Waals surface area contributed by atoms with E-state index >= 15 is 0 Å². The molecule has 0 aliphatic rings. The predicted molar refractivity (Wildman–Crippen MR) is 50.5 cm³/mol. The maximum absolute atomic E-state index is 13.5. The summed E-state index contributed by atoms with van der Waals surface area (Å²) in [7, 11) is 0. The minimum atomic E-state index is -0.695. The van der Waals surface area contributed by atoms with Gasteiger partial charge in [-0.3, -0.25) is 4.79 Å². The van der Waals surface area contributed by atoms with E-state index < -0.39 is 5.82 Å². The minimum absolute atomic E-state index is 0.0477. The lowest BCUT2D eigenvalue weighted by Crippen LogP contribution is -2.04. The normalized spacial score (nSPS) is 9.57. The average molecular weight is 191 g/mol. The number of carbonyl (C=O) groups excluding carboxylic acids is 1. The first-order valence-electron chi connectivity index (χ1n) is 4.34. The molecule has 1 aromatic carbocycles. The summed E-state index contributed by atoms with van der Waals surface area (Å²) < 4.78 is 13.5. The second-order valence-electron chi connectivity index (χ2n) is 2.98. The third kappa shape index (κ3) is 1.64. The highest BCUT2D eigenvalue weighted by atomic mass is 19.1. The molecule has 0 spiro atoms. The zero-order chi connectivity index (χ0) is 10.7. The lowest BCUT2D eigenvalue weighted by molar-refractivity contribution is 0.101. The minimum Gasteiger partial charge on any atom is -0.294 e.